The average molecular weight is 235 g/mol. The van der Waals surface area contributed by atoms with E-state index in [1.54, 1.807) is 6.20 Å². The maximum Gasteiger partial charge on any atom is 0.197 e. The van der Waals surface area contributed by atoms with Gasteiger partial charge in [-0.1, -0.05) is 54.6 Å². The molecule has 0 aliphatic rings. The second kappa shape index (κ2) is 4.37. The smallest absolute Gasteiger partial charge is 0.197 e. The normalized spacial score (nSPS) is 10.4. The van der Waals surface area contributed by atoms with E-state index in [0.717, 1.165) is 11.3 Å². The first-order valence-electron chi connectivity index (χ1n) is 5.80. The van der Waals surface area contributed by atoms with E-state index in [1.807, 2.05) is 30.3 Å². The molecule has 18 heavy (non-hydrogen) atoms. The van der Waals surface area contributed by atoms with Crippen LogP contribution in [0.2, 0.25) is 0 Å². The van der Waals surface area contributed by atoms with Gasteiger partial charge in [-0.05, 0) is 11.1 Å². The molecule has 3 N–H and O–H groups in total. The molecule has 0 amide bonds. The molecule has 3 nitrogen and oxygen atoms in total. The number of H-pyrrole nitrogens is 1. The van der Waals surface area contributed by atoms with Crippen LogP contribution in [-0.2, 0) is 0 Å². The lowest BCUT2D eigenvalue weighted by molar-refractivity contribution is 1.33. The average Bonchev–Trinajstić information content (AvgIpc) is 2.86. The van der Waals surface area contributed by atoms with Crippen LogP contribution >= 0.6 is 0 Å². The van der Waals surface area contributed by atoms with Gasteiger partial charge >= 0.3 is 0 Å². The third-order valence-corrected chi connectivity index (χ3v) is 2.90. The van der Waals surface area contributed by atoms with Crippen LogP contribution < -0.4 is 5.73 Å². The zero-order valence-corrected chi connectivity index (χ0v) is 9.80. The van der Waals surface area contributed by atoms with Crippen LogP contribution in [0.4, 0.5) is 5.95 Å². The molecule has 3 heteroatoms. The number of nitrogens with two attached hydrogens (primary N) is 1. The highest BCUT2D eigenvalue weighted by Gasteiger charge is 2.08. The summed E-state index contributed by atoms with van der Waals surface area (Å²) < 4.78 is 0. The van der Waals surface area contributed by atoms with Gasteiger partial charge in [0.15, 0.2) is 5.95 Å². The van der Waals surface area contributed by atoms with Crippen LogP contribution in [0, 0.1) is 0 Å². The Kier molecular flexibility index (Phi) is 2.57. The van der Waals surface area contributed by atoms with Gasteiger partial charge in [0.2, 0.25) is 0 Å². The molecule has 0 saturated carbocycles. The molecule has 0 fully saturated rings. The van der Waals surface area contributed by atoms with E-state index >= 15 is 0 Å². The zero-order valence-electron chi connectivity index (χ0n) is 9.80. The number of rotatable bonds is 2. The number of aromatic amines is 1. The fourth-order valence-corrected chi connectivity index (χ4v) is 2.06. The molecule has 0 aliphatic carbocycles. The van der Waals surface area contributed by atoms with Crippen LogP contribution in [-0.4, -0.2) is 9.97 Å². The third kappa shape index (κ3) is 1.86. The Morgan fingerprint density at radius 2 is 1.50 bits per heavy atom. The van der Waals surface area contributed by atoms with Crippen molar-refractivity contribution >= 4 is 5.95 Å². The van der Waals surface area contributed by atoms with Crippen molar-refractivity contribution in [3.8, 4) is 22.4 Å². The highest BCUT2D eigenvalue weighted by Crippen LogP contribution is 2.30. The number of anilines is 1. The number of aromatic nitrogens is 2. The first-order chi connectivity index (χ1) is 8.84. The minimum absolute atomic E-state index is 0.438. The molecule has 1 heterocycles. The second-order valence-electron chi connectivity index (χ2n) is 4.09. The largest absolute Gasteiger partial charge is 0.369 e. The van der Waals surface area contributed by atoms with Crippen LogP contribution in [0.1, 0.15) is 0 Å². The van der Waals surface area contributed by atoms with Crippen molar-refractivity contribution < 1.29 is 0 Å². The van der Waals surface area contributed by atoms with Crippen molar-refractivity contribution in [1.82, 2.24) is 9.97 Å². The van der Waals surface area contributed by atoms with Crippen molar-refractivity contribution in [3.05, 3.63) is 60.8 Å². The van der Waals surface area contributed by atoms with Crippen molar-refractivity contribution in [2.24, 2.45) is 0 Å². The maximum absolute atomic E-state index is 5.64. The number of hydrogen-bond acceptors (Lipinski definition) is 2. The molecule has 3 rings (SSSR count). The molecule has 88 valence electrons. The standard InChI is InChI=1S/C15H13N3/c16-15-17-10-14(18-15)13-9-5-4-8-12(13)11-6-2-1-3-7-11/h1-10H,(H3,16,17,18). The molecule has 0 saturated heterocycles. The summed E-state index contributed by atoms with van der Waals surface area (Å²) in [6, 6.07) is 18.5. The van der Waals surface area contributed by atoms with Crippen LogP contribution in [0.3, 0.4) is 0 Å². The van der Waals surface area contributed by atoms with Gasteiger partial charge in [0.1, 0.15) is 0 Å². The number of benzene rings is 2. The van der Waals surface area contributed by atoms with Crippen molar-refractivity contribution in [3.63, 3.8) is 0 Å². The van der Waals surface area contributed by atoms with Gasteiger partial charge in [-0.3, -0.25) is 0 Å². The number of hydrogen-bond donors (Lipinski definition) is 2. The Bertz CT molecular complexity index is 656. The van der Waals surface area contributed by atoms with E-state index in [2.05, 4.69) is 34.2 Å². The summed E-state index contributed by atoms with van der Waals surface area (Å²) in [6.07, 6.45) is 1.76. The molecule has 0 spiro atoms. The van der Waals surface area contributed by atoms with E-state index in [9.17, 15) is 0 Å². The van der Waals surface area contributed by atoms with Gasteiger partial charge in [0, 0.05) is 5.56 Å². The van der Waals surface area contributed by atoms with Gasteiger partial charge in [-0.15, -0.1) is 0 Å². The summed E-state index contributed by atoms with van der Waals surface area (Å²) in [5, 5.41) is 0. The summed E-state index contributed by atoms with van der Waals surface area (Å²) in [6.45, 7) is 0. The molecule has 0 aliphatic heterocycles. The number of imidazole rings is 1. The summed E-state index contributed by atoms with van der Waals surface area (Å²) in [7, 11) is 0. The van der Waals surface area contributed by atoms with Crippen molar-refractivity contribution in [2.75, 3.05) is 5.73 Å². The molecule has 0 radical (unpaired) electrons. The molecule has 0 bridgehead atoms. The topological polar surface area (TPSA) is 54.7 Å². The van der Waals surface area contributed by atoms with Crippen molar-refractivity contribution in [1.29, 1.82) is 0 Å². The lowest BCUT2D eigenvalue weighted by atomic mass is 9.98. The molecule has 2 aromatic carbocycles. The Hall–Kier alpha value is -2.55. The first-order valence-corrected chi connectivity index (χ1v) is 5.80. The molecular weight excluding hydrogens is 222 g/mol. The van der Waals surface area contributed by atoms with E-state index in [-0.39, 0.29) is 0 Å². The quantitative estimate of drug-likeness (QED) is 0.715. The Labute approximate surface area is 105 Å². The van der Waals surface area contributed by atoms with Gasteiger partial charge in [-0.25, -0.2) is 4.98 Å². The monoisotopic (exact) mass is 235 g/mol. The fraction of sp³-hybridized carbons (Fsp3) is 0. The van der Waals surface area contributed by atoms with Gasteiger partial charge in [0.05, 0.1) is 11.9 Å². The predicted octanol–water partition coefficient (Wildman–Crippen LogP) is 3.33. The molecule has 1 aromatic heterocycles. The Morgan fingerprint density at radius 3 is 2.17 bits per heavy atom. The number of nitrogens with one attached hydrogen (secondary N) is 1. The third-order valence-electron chi connectivity index (χ3n) is 2.90. The molecule has 0 atom stereocenters. The molecule has 3 aromatic rings. The first kappa shape index (κ1) is 10.6. The van der Waals surface area contributed by atoms with E-state index in [0.29, 0.717) is 5.95 Å². The summed E-state index contributed by atoms with van der Waals surface area (Å²) in [4.78, 5) is 7.12. The van der Waals surface area contributed by atoms with Crippen LogP contribution in [0.25, 0.3) is 22.4 Å². The minimum Gasteiger partial charge on any atom is -0.369 e. The van der Waals surface area contributed by atoms with E-state index in [1.165, 1.54) is 11.1 Å². The minimum atomic E-state index is 0.438. The predicted molar refractivity (Wildman–Crippen MR) is 73.9 cm³/mol. The molecule has 0 unspecified atom stereocenters. The van der Waals surface area contributed by atoms with Crippen LogP contribution in [0.5, 0.6) is 0 Å². The van der Waals surface area contributed by atoms with E-state index in [4.69, 9.17) is 5.73 Å². The zero-order chi connectivity index (χ0) is 12.4. The number of nitrogen functional groups attached to an aromatic ring is 1. The highest BCUT2D eigenvalue weighted by atomic mass is 15.0. The van der Waals surface area contributed by atoms with Crippen LogP contribution in [0.15, 0.2) is 60.8 Å². The lowest BCUT2D eigenvalue weighted by Gasteiger charge is -2.07. The lowest BCUT2D eigenvalue weighted by Crippen LogP contribution is -1.87. The van der Waals surface area contributed by atoms with Crippen molar-refractivity contribution in [2.45, 2.75) is 0 Å². The fourth-order valence-electron chi connectivity index (χ4n) is 2.06. The van der Waals surface area contributed by atoms with Gasteiger partial charge in [-0.2, -0.15) is 0 Å². The molecular formula is C15H13N3. The van der Waals surface area contributed by atoms with E-state index < -0.39 is 0 Å². The Morgan fingerprint density at radius 1 is 0.833 bits per heavy atom. The second-order valence-corrected chi connectivity index (χ2v) is 4.09. The SMILES string of the molecule is Nc1ncc(-c2ccccc2-c2ccccc2)[nH]1. The highest BCUT2D eigenvalue weighted by molar-refractivity contribution is 5.81. The summed E-state index contributed by atoms with van der Waals surface area (Å²) in [5.74, 6) is 0.438. The van der Waals surface area contributed by atoms with Gasteiger partial charge in [0.25, 0.3) is 0 Å². The van der Waals surface area contributed by atoms with Gasteiger partial charge < -0.3 is 10.7 Å². The summed E-state index contributed by atoms with van der Waals surface area (Å²) >= 11 is 0. The Balaban J connectivity index is 2.17. The summed E-state index contributed by atoms with van der Waals surface area (Å²) in [5.41, 5.74) is 10.0. The number of nitrogens with zero attached hydrogens (tertiary/aromatic N) is 1. The maximum atomic E-state index is 5.64.